The SMILES string of the molecule is [CH]=CCCCC(=O)OCCCCl. The molecule has 0 aliphatic rings. The average molecular weight is 190 g/mol. The van der Waals surface area contributed by atoms with E-state index in [-0.39, 0.29) is 5.97 Å². The second kappa shape index (κ2) is 8.60. The highest BCUT2D eigenvalue weighted by molar-refractivity contribution is 6.17. The van der Waals surface area contributed by atoms with E-state index in [4.69, 9.17) is 22.9 Å². The molecule has 0 aliphatic carbocycles. The van der Waals surface area contributed by atoms with Crippen molar-refractivity contribution >= 4 is 17.6 Å². The third kappa shape index (κ3) is 7.61. The molecule has 0 unspecified atom stereocenters. The van der Waals surface area contributed by atoms with Crippen molar-refractivity contribution in [2.75, 3.05) is 12.5 Å². The first-order chi connectivity index (χ1) is 5.81. The fourth-order valence-corrected chi connectivity index (χ4v) is 0.786. The molecule has 0 aromatic carbocycles. The van der Waals surface area contributed by atoms with Crippen LogP contribution < -0.4 is 0 Å². The number of alkyl halides is 1. The van der Waals surface area contributed by atoms with Crippen LogP contribution in [0.4, 0.5) is 0 Å². The molecule has 1 radical (unpaired) electrons. The normalized spacial score (nSPS) is 9.42. The predicted molar refractivity (Wildman–Crippen MR) is 49.0 cm³/mol. The van der Waals surface area contributed by atoms with E-state index in [1.165, 1.54) is 0 Å². The van der Waals surface area contributed by atoms with Crippen LogP contribution in [-0.4, -0.2) is 18.5 Å². The molecule has 0 spiro atoms. The van der Waals surface area contributed by atoms with E-state index in [0.717, 1.165) is 19.3 Å². The van der Waals surface area contributed by atoms with Gasteiger partial charge in [0.1, 0.15) is 0 Å². The zero-order valence-electron chi connectivity index (χ0n) is 7.09. The molecule has 0 rings (SSSR count). The molecule has 0 atom stereocenters. The molecular formula is C9H14ClO2. The van der Waals surface area contributed by atoms with Crippen LogP contribution >= 0.6 is 11.6 Å². The third-order valence-corrected chi connectivity index (χ3v) is 1.56. The smallest absolute Gasteiger partial charge is 0.305 e. The Labute approximate surface area is 78.5 Å². The molecule has 0 aromatic rings. The van der Waals surface area contributed by atoms with Crippen molar-refractivity contribution in [1.29, 1.82) is 0 Å². The topological polar surface area (TPSA) is 26.3 Å². The van der Waals surface area contributed by atoms with Crippen molar-refractivity contribution < 1.29 is 9.53 Å². The number of hydrogen-bond donors (Lipinski definition) is 0. The van der Waals surface area contributed by atoms with Crippen LogP contribution in [0.2, 0.25) is 0 Å². The van der Waals surface area contributed by atoms with E-state index < -0.39 is 0 Å². The average Bonchev–Trinajstić information content (AvgIpc) is 2.06. The highest BCUT2D eigenvalue weighted by Crippen LogP contribution is 1.98. The number of hydrogen-bond acceptors (Lipinski definition) is 2. The summed E-state index contributed by atoms with van der Waals surface area (Å²) in [5.74, 6) is 0.367. The maximum Gasteiger partial charge on any atom is 0.305 e. The fraction of sp³-hybridized carbons (Fsp3) is 0.667. The Bertz CT molecular complexity index is 134. The first kappa shape index (κ1) is 11.5. The molecule has 0 bridgehead atoms. The van der Waals surface area contributed by atoms with Gasteiger partial charge in [0.2, 0.25) is 0 Å². The second-order valence-electron chi connectivity index (χ2n) is 2.39. The maximum atomic E-state index is 10.9. The first-order valence-corrected chi connectivity index (χ1v) is 4.59. The minimum absolute atomic E-state index is 0.165. The predicted octanol–water partition coefficient (Wildman–Crippen LogP) is 2.32. The summed E-state index contributed by atoms with van der Waals surface area (Å²) < 4.78 is 4.85. The van der Waals surface area contributed by atoms with Gasteiger partial charge in [-0.1, -0.05) is 12.7 Å². The summed E-state index contributed by atoms with van der Waals surface area (Å²) in [4.78, 5) is 10.9. The molecule has 3 heteroatoms. The van der Waals surface area contributed by atoms with E-state index >= 15 is 0 Å². The second-order valence-corrected chi connectivity index (χ2v) is 2.77. The molecule has 0 heterocycles. The van der Waals surface area contributed by atoms with Gasteiger partial charge in [0.15, 0.2) is 0 Å². The Balaban J connectivity index is 3.15. The van der Waals surface area contributed by atoms with Crippen LogP contribution in [0.3, 0.4) is 0 Å². The quantitative estimate of drug-likeness (QED) is 0.349. The van der Waals surface area contributed by atoms with E-state index in [9.17, 15) is 4.79 Å². The Morgan fingerprint density at radius 2 is 2.25 bits per heavy atom. The lowest BCUT2D eigenvalue weighted by atomic mass is 10.2. The molecule has 0 N–H and O–H groups in total. The zero-order valence-corrected chi connectivity index (χ0v) is 7.85. The minimum Gasteiger partial charge on any atom is -0.466 e. The molecule has 0 aromatic heterocycles. The molecule has 0 saturated heterocycles. The van der Waals surface area contributed by atoms with Gasteiger partial charge in [0.05, 0.1) is 6.61 Å². The van der Waals surface area contributed by atoms with Crippen molar-refractivity contribution in [3.05, 3.63) is 12.7 Å². The summed E-state index contributed by atoms with van der Waals surface area (Å²) in [6.45, 7) is 5.57. The van der Waals surface area contributed by atoms with Crippen LogP contribution in [0, 0.1) is 6.58 Å². The summed E-state index contributed by atoms with van der Waals surface area (Å²) in [5.41, 5.74) is 0. The van der Waals surface area contributed by atoms with Gasteiger partial charge in [-0.05, 0) is 19.3 Å². The summed E-state index contributed by atoms with van der Waals surface area (Å²) in [5, 5.41) is 0. The Hall–Kier alpha value is -0.500. The van der Waals surface area contributed by atoms with Crippen molar-refractivity contribution in [2.24, 2.45) is 0 Å². The van der Waals surface area contributed by atoms with Gasteiger partial charge in [-0.3, -0.25) is 4.79 Å². The zero-order chi connectivity index (χ0) is 9.23. The largest absolute Gasteiger partial charge is 0.466 e. The van der Waals surface area contributed by atoms with Crippen LogP contribution in [0.1, 0.15) is 25.7 Å². The summed E-state index contributed by atoms with van der Waals surface area (Å²) in [7, 11) is 0. The molecule has 12 heavy (non-hydrogen) atoms. The third-order valence-electron chi connectivity index (χ3n) is 1.29. The van der Waals surface area contributed by atoms with Crippen molar-refractivity contribution in [3.63, 3.8) is 0 Å². The number of carbonyl (C=O) groups excluding carboxylic acids is 1. The Morgan fingerprint density at radius 1 is 1.50 bits per heavy atom. The van der Waals surface area contributed by atoms with Gasteiger partial charge >= 0.3 is 5.97 Å². The molecule has 0 saturated carbocycles. The highest BCUT2D eigenvalue weighted by Gasteiger charge is 2.00. The number of unbranched alkanes of at least 4 members (excludes halogenated alkanes) is 1. The minimum atomic E-state index is -0.165. The first-order valence-electron chi connectivity index (χ1n) is 4.06. The molecule has 0 fully saturated rings. The van der Waals surface area contributed by atoms with E-state index in [1.54, 1.807) is 6.08 Å². The number of halogens is 1. The fourth-order valence-electron chi connectivity index (χ4n) is 0.677. The number of carbonyl (C=O) groups is 1. The van der Waals surface area contributed by atoms with Gasteiger partial charge in [-0.15, -0.1) is 11.6 Å². The van der Waals surface area contributed by atoms with Gasteiger partial charge in [-0.25, -0.2) is 0 Å². The summed E-state index contributed by atoms with van der Waals surface area (Å²) in [6, 6.07) is 0. The van der Waals surface area contributed by atoms with Crippen LogP contribution in [0.15, 0.2) is 6.08 Å². The number of esters is 1. The Kier molecular flexibility index (Phi) is 8.24. The summed E-state index contributed by atoms with van der Waals surface area (Å²) in [6.07, 6.45) is 4.22. The van der Waals surface area contributed by atoms with E-state index in [1.807, 2.05) is 0 Å². The maximum absolute atomic E-state index is 10.9. The van der Waals surface area contributed by atoms with Gasteiger partial charge < -0.3 is 4.74 Å². The lowest BCUT2D eigenvalue weighted by Gasteiger charge is -2.01. The van der Waals surface area contributed by atoms with Crippen LogP contribution in [0.25, 0.3) is 0 Å². The van der Waals surface area contributed by atoms with Gasteiger partial charge in [0.25, 0.3) is 0 Å². The molecule has 0 amide bonds. The molecular weight excluding hydrogens is 176 g/mol. The van der Waals surface area contributed by atoms with Crippen molar-refractivity contribution in [2.45, 2.75) is 25.7 Å². The van der Waals surface area contributed by atoms with Crippen molar-refractivity contribution in [3.8, 4) is 0 Å². The van der Waals surface area contributed by atoms with Gasteiger partial charge in [-0.2, -0.15) is 0 Å². The molecule has 69 valence electrons. The Morgan fingerprint density at radius 3 is 2.83 bits per heavy atom. The monoisotopic (exact) mass is 189 g/mol. The lowest BCUT2D eigenvalue weighted by molar-refractivity contribution is -0.143. The number of allylic oxidation sites excluding steroid dienone is 1. The lowest BCUT2D eigenvalue weighted by Crippen LogP contribution is -2.05. The van der Waals surface area contributed by atoms with E-state index in [2.05, 4.69) is 0 Å². The number of ether oxygens (including phenoxy) is 1. The molecule has 0 aliphatic heterocycles. The van der Waals surface area contributed by atoms with Crippen LogP contribution in [-0.2, 0) is 9.53 Å². The van der Waals surface area contributed by atoms with E-state index in [0.29, 0.717) is 18.9 Å². The van der Waals surface area contributed by atoms with Crippen molar-refractivity contribution in [1.82, 2.24) is 0 Å². The van der Waals surface area contributed by atoms with Gasteiger partial charge in [0, 0.05) is 12.3 Å². The number of rotatable bonds is 7. The summed E-state index contributed by atoms with van der Waals surface area (Å²) >= 11 is 5.40. The van der Waals surface area contributed by atoms with Crippen LogP contribution in [0.5, 0.6) is 0 Å². The molecule has 2 nitrogen and oxygen atoms in total. The highest BCUT2D eigenvalue weighted by atomic mass is 35.5. The standard InChI is InChI=1S/C9H14ClO2/c1-2-3-4-6-9(11)12-8-5-7-10/h1-2H,3-8H2.